The Morgan fingerprint density at radius 2 is 2.21 bits per heavy atom. The molecular weight excluding hydrogens is 318 g/mol. The highest BCUT2D eigenvalue weighted by atomic mass is 32.1. The van der Waals surface area contributed by atoms with E-state index < -0.39 is 0 Å². The van der Waals surface area contributed by atoms with Gasteiger partial charge in [0, 0.05) is 42.9 Å². The lowest BCUT2D eigenvalue weighted by Crippen LogP contribution is -2.44. The van der Waals surface area contributed by atoms with E-state index in [1.54, 1.807) is 11.3 Å². The summed E-state index contributed by atoms with van der Waals surface area (Å²) >= 11 is 1.76. The molecule has 0 spiro atoms. The first-order valence-corrected chi connectivity index (χ1v) is 9.31. The SMILES string of the molecule is CCc1cnc(CNC(=NC)NC2CCN(c3ccccc3)C2)s1. The van der Waals surface area contributed by atoms with Crippen LogP contribution in [-0.4, -0.2) is 37.1 Å². The van der Waals surface area contributed by atoms with Gasteiger partial charge in [0.1, 0.15) is 5.01 Å². The first-order valence-electron chi connectivity index (χ1n) is 8.49. The van der Waals surface area contributed by atoms with Gasteiger partial charge in [-0.15, -0.1) is 11.3 Å². The lowest BCUT2D eigenvalue weighted by Gasteiger charge is -2.20. The van der Waals surface area contributed by atoms with Crippen molar-refractivity contribution in [3.05, 3.63) is 46.4 Å². The summed E-state index contributed by atoms with van der Waals surface area (Å²) in [5.41, 5.74) is 1.29. The van der Waals surface area contributed by atoms with Gasteiger partial charge in [-0.2, -0.15) is 0 Å². The molecule has 2 heterocycles. The fourth-order valence-electron chi connectivity index (χ4n) is 2.89. The van der Waals surface area contributed by atoms with Gasteiger partial charge in [0.05, 0.1) is 6.54 Å². The number of hydrogen-bond acceptors (Lipinski definition) is 4. The van der Waals surface area contributed by atoms with Gasteiger partial charge in [0.15, 0.2) is 5.96 Å². The summed E-state index contributed by atoms with van der Waals surface area (Å²) in [6.45, 7) is 4.95. The number of guanidine groups is 1. The van der Waals surface area contributed by atoms with E-state index in [9.17, 15) is 0 Å². The Balaban J connectivity index is 1.49. The number of aryl methyl sites for hydroxylation is 1. The van der Waals surface area contributed by atoms with E-state index in [2.05, 4.69) is 62.8 Å². The third-order valence-corrected chi connectivity index (χ3v) is 5.37. The second kappa shape index (κ2) is 8.15. The minimum Gasteiger partial charge on any atom is -0.369 e. The molecule has 2 N–H and O–H groups in total. The van der Waals surface area contributed by atoms with Gasteiger partial charge in [0.2, 0.25) is 0 Å². The monoisotopic (exact) mass is 343 g/mol. The largest absolute Gasteiger partial charge is 0.369 e. The van der Waals surface area contributed by atoms with Crippen molar-refractivity contribution in [1.82, 2.24) is 15.6 Å². The van der Waals surface area contributed by atoms with Gasteiger partial charge < -0.3 is 15.5 Å². The Hall–Kier alpha value is -2.08. The first kappa shape index (κ1) is 16.8. The average Bonchev–Trinajstić information content (AvgIpc) is 3.28. The molecule has 0 amide bonds. The Kier molecular flexibility index (Phi) is 5.69. The number of rotatable bonds is 5. The van der Waals surface area contributed by atoms with Crippen molar-refractivity contribution in [2.75, 3.05) is 25.0 Å². The van der Waals surface area contributed by atoms with E-state index in [4.69, 9.17) is 0 Å². The number of aromatic nitrogens is 1. The van der Waals surface area contributed by atoms with Crippen LogP contribution in [-0.2, 0) is 13.0 Å². The predicted molar refractivity (Wildman–Crippen MR) is 102 cm³/mol. The van der Waals surface area contributed by atoms with E-state index in [-0.39, 0.29) is 0 Å². The predicted octanol–water partition coefficient (Wildman–Crippen LogP) is 2.65. The highest BCUT2D eigenvalue weighted by Gasteiger charge is 2.23. The highest BCUT2D eigenvalue weighted by Crippen LogP contribution is 2.19. The zero-order valence-electron chi connectivity index (χ0n) is 14.3. The van der Waals surface area contributed by atoms with Gasteiger partial charge >= 0.3 is 0 Å². The lowest BCUT2D eigenvalue weighted by atomic mass is 10.3. The number of thiazole rings is 1. The fraction of sp³-hybridized carbons (Fsp3) is 0.444. The minimum atomic E-state index is 0.416. The van der Waals surface area contributed by atoms with E-state index in [0.717, 1.165) is 43.4 Å². The molecule has 3 rings (SSSR count). The standard InChI is InChI=1S/C18H25N5S/c1-3-16-11-20-17(24-16)12-21-18(19-2)22-14-9-10-23(13-14)15-7-5-4-6-8-15/h4-8,11,14H,3,9-10,12-13H2,1-2H3,(H2,19,21,22). The van der Waals surface area contributed by atoms with Crippen molar-refractivity contribution >= 4 is 23.0 Å². The molecule has 1 aliphatic rings. The second-order valence-electron chi connectivity index (χ2n) is 5.91. The number of nitrogens with zero attached hydrogens (tertiary/aromatic N) is 3. The number of nitrogens with one attached hydrogen (secondary N) is 2. The molecular formula is C18H25N5S. The smallest absolute Gasteiger partial charge is 0.191 e. The summed E-state index contributed by atoms with van der Waals surface area (Å²) in [5.74, 6) is 0.850. The molecule has 2 aromatic rings. The molecule has 0 aliphatic carbocycles. The van der Waals surface area contributed by atoms with E-state index in [0.29, 0.717) is 6.04 Å². The number of hydrogen-bond donors (Lipinski definition) is 2. The van der Waals surface area contributed by atoms with Crippen LogP contribution < -0.4 is 15.5 Å². The molecule has 1 atom stereocenters. The van der Waals surface area contributed by atoms with Crippen LogP contribution in [0.4, 0.5) is 5.69 Å². The van der Waals surface area contributed by atoms with Crippen molar-refractivity contribution in [3.8, 4) is 0 Å². The van der Waals surface area contributed by atoms with Crippen LogP contribution in [0.1, 0.15) is 23.2 Å². The molecule has 0 saturated carbocycles. The molecule has 6 heteroatoms. The Bertz CT molecular complexity index is 667. The van der Waals surface area contributed by atoms with E-state index in [1.165, 1.54) is 10.6 Å². The normalized spacial score (nSPS) is 18.0. The molecule has 1 fully saturated rings. The maximum absolute atomic E-state index is 4.44. The molecule has 1 aromatic carbocycles. The second-order valence-corrected chi connectivity index (χ2v) is 7.11. The Morgan fingerprint density at radius 3 is 2.92 bits per heavy atom. The summed E-state index contributed by atoms with van der Waals surface area (Å²) in [6.07, 6.45) is 4.13. The zero-order valence-corrected chi connectivity index (χ0v) is 15.1. The highest BCUT2D eigenvalue weighted by molar-refractivity contribution is 7.11. The van der Waals surface area contributed by atoms with E-state index in [1.807, 2.05) is 13.2 Å². The quantitative estimate of drug-likeness (QED) is 0.647. The zero-order chi connectivity index (χ0) is 16.8. The van der Waals surface area contributed by atoms with Crippen LogP contribution in [0.3, 0.4) is 0 Å². The van der Waals surface area contributed by atoms with Gasteiger partial charge in [0.25, 0.3) is 0 Å². The molecule has 1 aliphatic heterocycles. The van der Waals surface area contributed by atoms with Crippen LogP contribution in [0.5, 0.6) is 0 Å². The number of anilines is 1. The molecule has 24 heavy (non-hydrogen) atoms. The van der Waals surface area contributed by atoms with Gasteiger partial charge in [-0.05, 0) is 25.0 Å². The van der Waals surface area contributed by atoms with Crippen LogP contribution in [0.25, 0.3) is 0 Å². The maximum Gasteiger partial charge on any atom is 0.191 e. The Labute approximate surface area is 147 Å². The van der Waals surface area contributed by atoms with Crippen molar-refractivity contribution < 1.29 is 0 Å². The van der Waals surface area contributed by atoms with Crippen molar-refractivity contribution in [1.29, 1.82) is 0 Å². The van der Waals surface area contributed by atoms with Crippen LogP contribution in [0.15, 0.2) is 41.5 Å². The summed E-state index contributed by atoms with van der Waals surface area (Å²) in [7, 11) is 1.82. The molecule has 1 saturated heterocycles. The molecule has 0 bridgehead atoms. The fourth-order valence-corrected chi connectivity index (χ4v) is 3.69. The number of aliphatic imine (C=N–C) groups is 1. The van der Waals surface area contributed by atoms with Crippen LogP contribution in [0, 0.1) is 0 Å². The third kappa shape index (κ3) is 4.26. The molecule has 1 aromatic heterocycles. The molecule has 0 radical (unpaired) electrons. The average molecular weight is 344 g/mol. The molecule has 128 valence electrons. The third-order valence-electron chi connectivity index (χ3n) is 4.23. The van der Waals surface area contributed by atoms with Gasteiger partial charge in [-0.25, -0.2) is 4.98 Å². The first-order chi connectivity index (χ1) is 11.8. The number of benzene rings is 1. The lowest BCUT2D eigenvalue weighted by molar-refractivity contribution is 0.648. The summed E-state index contributed by atoms with van der Waals surface area (Å²) in [4.78, 5) is 12.5. The maximum atomic E-state index is 4.44. The van der Waals surface area contributed by atoms with Crippen molar-refractivity contribution in [3.63, 3.8) is 0 Å². The molecule has 5 nitrogen and oxygen atoms in total. The van der Waals surface area contributed by atoms with Crippen LogP contribution in [0.2, 0.25) is 0 Å². The topological polar surface area (TPSA) is 52.6 Å². The Morgan fingerprint density at radius 1 is 1.38 bits per heavy atom. The van der Waals surface area contributed by atoms with Crippen LogP contribution >= 0.6 is 11.3 Å². The van der Waals surface area contributed by atoms with Gasteiger partial charge in [-0.3, -0.25) is 4.99 Å². The summed E-state index contributed by atoms with van der Waals surface area (Å²) < 4.78 is 0. The minimum absolute atomic E-state index is 0.416. The summed E-state index contributed by atoms with van der Waals surface area (Å²) in [6, 6.07) is 11.0. The van der Waals surface area contributed by atoms with Gasteiger partial charge in [-0.1, -0.05) is 25.1 Å². The number of para-hydroxylation sites is 1. The summed E-state index contributed by atoms with van der Waals surface area (Å²) in [5, 5.41) is 8.01. The van der Waals surface area contributed by atoms with Crippen molar-refractivity contribution in [2.24, 2.45) is 4.99 Å². The molecule has 1 unspecified atom stereocenters. The van der Waals surface area contributed by atoms with Crippen molar-refractivity contribution in [2.45, 2.75) is 32.4 Å². The van der Waals surface area contributed by atoms with E-state index >= 15 is 0 Å².